The topological polar surface area (TPSA) is 75.3 Å². The van der Waals surface area contributed by atoms with E-state index in [4.69, 9.17) is 0 Å². The third-order valence-electron chi connectivity index (χ3n) is 3.94. The fourth-order valence-electron chi connectivity index (χ4n) is 2.54. The van der Waals surface area contributed by atoms with Gasteiger partial charge >= 0.3 is 140 Å². The van der Waals surface area contributed by atoms with E-state index in [-0.39, 0.29) is 20.9 Å². The Morgan fingerprint density at radius 1 is 1.00 bits per heavy atom. The van der Waals surface area contributed by atoms with Crippen molar-refractivity contribution in [3.8, 4) is 0 Å². The summed E-state index contributed by atoms with van der Waals surface area (Å²) < 4.78 is 2.58. The van der Waals surface area contributed by atoms with E-state index in [1.54, 1.807) is 0 Å². The van der Waals surface area contributed by atoms with Crippen LogP contribution >= 0.6 is 0 Å². The molecule has 1 aliphatic rings. The fraction of sp³-hybridized carbons (Fsp3) is 0.438. The van der Waals surface area contributed by atoms with Crippen molar-refractivity contribution in [2.45, 2.75) is 37.1 Å². The number of carbonyl (C=O) groups is 3. The number of urea groups is 1. The van der Waals surface area contributed by atoms with Gasteiger partial charge in [0.25, 0.3) is 0 Å². The van der Waals surface area contributed by atoms with Crippen LogP contribution in [0.2, 0.25) is 4.47 Å². The molecule has 0 bridgehead atoms. The molecule has 1 aliphatic heterocycles. The van der Waals surface area contributed by atoms with Crippen molar-refractivity contribution < 1.29 is 14.4 Å². The van der Waals surface area contributed by atoms with Crippen molar-refractivity contribution in [3.63, 3.8) is 0 Å². The van der Waals surface area contributed by atoms with Crippen LogP contribution in [-0.4, -0.2) is 38.8 Å². The third kappa shape index (κ3) is 3.88. The number of benzene rings is 1. The van der Waals surface area contributed by atoms with Gasteiger partial charge < -0.3 is 0 Å². The van der Waals surface area contributed by atoms with Crippen LogP contribution in [0.4, 0.5) is 4.79 Å². The molecule has 1 fully saturated rings. The van der Waals surface area contributed by atoms with Gasteiger partial charge in [0, 0.05) is 0 Å². The summed E-state index contributed by atoms with van der Waals surface area (Å²) in [6, 6.07) is 9.73. The zero-order valence-electron chi connectivity index (χ0n) is 12.6. The second-order valence-electron chi connectivity index (χ2n) is 5.29. The Bertz CT molecular complexity index is 540. The first kappa shape index (κ1) is 17.0. The predicted octanol–water partition coefficient (Wildman–Crippen LogP) is 1.37. The molecule has 1 aromatic rings. The molecule has 6 heteroatoms. The third-order valence-corrected chi connectivity index (χ3v) is 7.07. The Balaban J connectivity index is 1.82. The van der Waals surface area contributed by atoms with Crippen molar-refractivity contribution in [1.82, 2.24) is 10.6 Å². The van der Waals surface area contributed by atoms with Gasteiger partial charge in [0.15, 0.2) is 0 Å². The summed E-state index contributed by atoms with van der Waals surface area (Å²) in [6.45, 7) is 1.81. The zero-order chi connectivity index (χ0) is 16.0. The molecule has 2 rings (SSSR count). The van der Waals surface area contributed by atoms with Crippen molar-refractivity contribution in [1.29, 1.82) is 0 Å². The first-order valence-electron chi connectivity index (χ1n) is 7.43. The number of hydrogen-bond donors (Lipinski definition) is 2. The molecule has 4 amide bonds. The molecule has 22 heavy (non-hydrogen) atoms. The SMILES string of the molecule is CCC1(CCCC[Te]c2ccccc2)C(=O)NC(=O)NC1=O. The van der Waals surface area contributed by atoms with Gasteiger partial charge in [0.2, 0.25) is 0 Å². The molecule has 0 saturated carbocycles. The van der Waals surface area contributed by atoms with Crippen molar-refractivity contribution >= 4 is 42.4 Å². The van der Waals surface area contributed by atoms with Crippen molar-refractivity contribution in [2.24, 2.45) is 5.41 Å². The van der Waals surface area contributed by atoms with Crippen LogP contribution in [0.15, 0.2) is 30.3 Å². The van der Waals surface area contributed by atoms with Gasteiger partial charge in [-0.1, -0.05) is 0 Å². The average molecular weight is 416 g/mol. The summed E-state index contributed by atoms with van der Waals surface area (Å²) in [7, 11) is 0. The van der Waals surface area contributed by atoms with Gasteiger partial charge in [-0.05, 0) is 0 Å². The summed E-state index contributed by atoms with van der Waals surface area (Å²) in [5.74, 6) is -0.911. The van der Waals surface area contributed by atoms with E-state index in [9.17, 15) is 14.4 Å². The normalized spacial score (nSPS) is 17.0. The molecule has 118 valence electrons. The summed E-state index contributed by atoms with van der Waals surface area (Å²) in [4.78, 5) is 35.3. The molecular formula is C16H20N2O3Te. The Kier molecular flexibility index (Phi) is 5.98. The van der Waals surface area contributed by atoms with Crippen LogP contribution in [0.3, 0.4) is 0 Å². The Morgan fingerprint density at radius 2 is 1.64 bits per heavy atom. The number of amides is 4. The van der Waals surface area contributed by atoms with Crippen LogP contribution < -0.4 is 14.2 Å². The van der Waals surface area contributed by atoms with Gasteiger partial charge in [0.05, 0.1) is 0 Å². The number of carbonyl (C=O) groups excluding carboxylic acids is 3. The van der Waals surface area contributed by atoms with Gasteiger partial charge in [-0.3, -0.25) is 0 Å². The summed E-state index contributed by atoms with van der Waals surface area (Å²) in [5.41, 5.74) is -1.08. The molecule has 0 radical (unpaired) electrons. The van der Waals surface area contributed by atoms with E-state index in [0.29, 0.717) is 12.8 Å². The Morgan fingerprint density at radius 3 is 2.23 bits per heavy atom. The number of rotatable bonds is 7. The van der Waals surface area contributed by atoms with Crippen LogP contribution in [-0.2, 0) is 9.59 Å². The molecule has 1 aromatic carbocycles. The maximum absolute atomic E-state index is 12.1. The summed E-state index contributed by atoms with van der Waals surface area (Å²) in [6.07, 6.45) is 2.73. The fourth-order valence-corrected chi connectivity index (χ4v) is 5.21. The molecule has 0 spiro atoms. The zero-order valence-corrected chi connectivity index (χ0v) is 14.9. The summed E-state index contributed by atoms with van der Waals surface area (Å²) in [5, 5.41) is 4.43. The number of barbiturate groups is 1. The first-order chi connectivity index (χ1) is 10.6. The number of imide groups is 2. The van der Waals surface area contributed by atoms with E-state index in [0.717, 1.165) is 17.3 Å². The molecule has 0 unspecified atom stereocenters. The minimum atomic E-state index is -1.08. The summed E-state index contributed by atoms with van der Waals surface area (Å²) >= 11 is -0.194. The van der Waals surface area contributed by atoms with Crippen molar-refractivity contribution in [2.75, 3.05) is 0 Å². The van der Waals surface area contributed by atoms with E-state index in [2.05, 4.69) is 34.9 Å². The molecule has 1 heterocycles. The second-order valence-corrected chi connectivity index (χ2v) is 8.63. The van der Waals surface area contributed by atoms with Crippen LogP contribution in [0, 0.1) is 5.41 Å². The molecule has 5 nitrogen and oxygen atoms in total. The molecular weight excluding hydrogens is 396 g/mol. The molecule has 2 N–H and O–H groups in total. The number of unbranched alkanes of at least 4 members (excludes halogenated alkanes) is 1. The van der Waals surface area contributed by atoms with E-state index in [1.165, 1.54) is 3.61 Å². The van der Waals surface area contributed by atoms with E-state index in [1.807, 2.05) is 13.0 Å². The molecule has 0 atom stereocenters. The van der Waals surface area contributed by atoms with Gasteiger partial charge in [0.1, 0.15) is 0 Å². The first-order valence-corrected chi connectivity index (χ1v) is 10.2. The second kappa shape index (κ2) is 7.75. The molecule has 0 aromatic heterocycles. The molecule has 0 aliphatic carbocycles. The number of nitrogens with one attached hydrogen (secondary N) is 2. The monoisotopic (exact) mass is 418 g/mol. The minimum absolute atomic E-state index is 0.194. The van der Waals surface area contributed by atoms with Gasteiger partial charge in [-0.15, -0.1) is 0 Å². The van der Waals surface area contributed by atoms with E-state index >= 15 is 0 Å². The average Bonchev–Trinajstić information content (AvgIpc) is 2.50. The van der Waals surface area contributed by atoms with E-state index < -0.39 is 23.3 Å². The molecule has 1 saturated heterocycles. The predicted molar refractivity (Wildman–Crippen MR) is 84.9 cm³/mol. The van der Waals surface area contributed by atoms with Gasteiger partial charge in [-0.2, -0.15) is 0 Å². The van der Waals surface area contributed by atoms with Crippen molar-refractivity contribution in [3.05, 3.63) is 30.3 Å². The van der Waals surface area contributed by atoms with Crippen LogP contribution in [0.1, 0.15) is 32.6 Å². The van der Waals surface area contributed by atoms with Gasteiger partial charge in [-0.25, -0.2) is 0 Å². The standard InChI is InChI=1S/C16H20N2O3Te/c1-2-16(13(19)17-15(21)18-14(16)20)10-6-7-11-22-12-8-4-3-5-9-12/h3-5,8-9H,2,6-7,10-11H2,1H3,(H2,17,18,19,20,21). The van der Waals surface area contributed by atoms with Crippen LogP contribution in [0.25, 0.3) is 0 Å². The number of hydrogen-bond acceptors (Lipinski definition) is 3. The quantitative estimate of drug-likeness (QED) is 0.401. The van der Waals surface area contributed by atoms with Crippen LogP contribution in [0.5, 0.6) is 0 Å². The maximum atomic E-state index is 12.1. The Labute approximate surface area is 140 Å². The Hall–Kier alpha value is -1.38.